The van der Waals surface area contributed by atoms with E-state index in [0.29, 0.717) is 43.6 Å². The monoisotopic (exact) mass is 352 g/mol. The molecule has 0 spiro atoms. The molecule has 1 amide bonds. The van der Waals surface area contributed by atoms with Gasteiger partial charge in [0.1, 0.15) is 0 Å². The lowest BCUT2D eigenvalue weighted by Gasteiger charge is -2.04. The van der Waals surface area contributed by atoms with Gasteiger partial charge < -0.3 is 15.6 Å². The van der Waals surface area contributed by atoms with E-state index in [2.05, 4.69) is 41.4 Å². The molecule has 0 fully saturated rings. The molecule has 6 nitrogen and oxygen atoms in total. The molecule has 0 aliphatic carbocycles. The fourth-order valence-electron chi connectivity index (χ4n) is 2.13. The summed E-state index contributed by atoms with van der Waals surface area (Å²) in [4.78, 5) is 16.0. The molecule has 0 aliphatic heterocycles. The van der Waals surface area contributed by atoms with Gasteiger partial charge in [-0.05, 0) is 24.4 Å². The zero-order valence-electron chi connectivity index (χ0n) is 14.1. The first-order valence-corrected chi connectivity index (χ1v) is 8.00. The van der Waals surface area contributed by atoms with Crippen molar-refractivity contribution in [2.45, 2.75) is 39.0 Å². The maximum atomic E-state index is 11.6. The van der Waals surface area contributed by atoms with Crippen molar-refractivity contribution in [1.29, 1.82) is 0 Å². The van der Waals surface area contributed by atoms with E-state index in [0.717, 1.165) is 12.0 Å². The Morgan fingerprint density at radius 1 is 1.29 bits per heavy atom. The fourth-order valence-corrected chi connectivity index (χ4v) is 2.13. The average Bonchev–Trinajstić information content (AvgIpc) is 3.02. The van der Waals surface area contributed by atoms with Crippen LogP contribution in [0.2, 0.25) is 0 Å². The first-order chi connectivity index (χ1) is 11.1. The zero-order valence-corrected chi connectivity index (χ0v) is 14.9. The molecule has 7 heteroatoms. The molecule has 132 valence electrons. The normalized spacial score (nSPS) is 10.5. The van der Waals surface area contributed by atoms with Crippen molar-refractivity contribution in [3.05, 3.63) is 35.7 Å². The summed E-state index contributed by atoms with van der Waals surface area (Å²) in [6.45, 7) is 5.48. The summed E-state index contributed by atoms with van der Waals surface area (Å²) in [5, 5.41) is 6.78. The SMILES string of the molecule is CC(C)c1ccc(-c2noc(CCC(=O)NCCCN)n2)cc1.Cl. The van der Waals surface area contributed by atoms with Crippen LogP contribution in [-0.2, 0) is 11.2 Å². The van der Waals surface area contributed by atoms with Gasteiger partial charge in [0.2, 0.25) is 17.6 Å². The lowest BCUT2D eigenvalue weighted by Crippen LogP contribution is -2.26. The highest BCUT2D eigenvalue weighted by Gasteiger charge is 2.11. The Bertz CT molecular complexity index is 626. The summed E-state index contributed by atoms with van der Waals surface area (Å²) in [5.74, 6) is 1.49. The first-order valence-electron chi connectivity index (χ1n) is 8.00. The van der Waals surface area contributed by atoms with Gasteiger partial charge in [0.05, 0.1) is 0 Å². The van der Waals surface area contributed by atoms with Gasteiger partial charge in [-0.2, -0.15) is 4.98 Å². The van der Waals surface area contributed by atoms with E-state index >= 15 is 0 Å². The number of halogens is 1. The number of amides is 1. The molecule has 0 unspecified atom stereocenters. The molecule has 1 heterocycles. The van der Waals surface area contributed by atoms with Gasteiger partial charge in [0, 0.05) is 24.9 Å². The third-order valence-electron chi connectivity index (χ3n) is 3.57. The second-order valence-corrected chi connectivity index (χ2v) is 5.78. The quantitative estimate of drug-likeness (QED) is 0.712. The van der Waals surface area contributed by atoms with Gasteiger partial charge in [0.25, 0.3) is 0 Å². The van der Waals surface area contributed by atoms with Crippen molar-refractivity contribution in [2.24, 2.45) is 5.73 Å². The predicted molar refractivity (Wildman–Crippen MR) is 96.1 cm³/mol. The van der Waals surface area contributed by atoms with Gasteiger partial charge in [-0.3, -0.25) is 4.79 Å². The average molecular weight is 353 g/mol. The number of hydrogen-bond acceptors (Lipinski definition) is 5. The number of carbonyl (C=O) groups excluding carboxylic acids is 1. The van der Waals surface area contributed by atoms with Gasteiger partial charge in [-0.25, -0.2) is 0 Å². The number of hydrogen-bond donors (Lipinski definition) is 2. The molecule has 1 aromatic carbocycles. The molecule has 0 saturated carbocycles. The molecule has 2 rings (SSSR count). The topological polar surface area (TPSA) is 94.0 Å². The van der Waals surface area contributed by atoms with Crippen LogP contribution in [0.5, 0.6) is 0 Å². The minimum absolute atomic E-state index is 0. The van der Waals surface area contributed by atoms with E-state index in [4.69, 9.17) is 10.3 Å². The van der Waals surface area contributed by atoms with Gasteiger partial charge >= 0.3 is 0 Å². The second-order valence-electron chi connectivity index (χ2n) is 5.78. The van der Waals surface area contributed by atoms with Crippen LogP contribution in [-0.4, -0.2) is 29.1 Å². The number of nitrogens with zero attached hydrogens (tertiary/aromatic N) is 2. The van der Waals surface area contributed by atoms with Crippen molar-refractivity contribution in [2.75, 3.05) is 13.1 Å². The van der Waals surface area contributed by atoms with Crippen molar-refractivity contribution >= 4 is 18.3 Å². The first kappa shape index (κ1) is 20.1. The molecular weight excluding hydrogens is 328 g/mol. The highest BCUT2D eigenvalue weighted by molar-refractivity contribution is 5.85. The Labute approximate surface area is 148 Å². The molecule has 0 radical (unpaired) electrons. The van der Waals surface area contributed by atoms with E-state index in [9.17, 15) is 4.79 Å². The molecule has 0 bridgehead atoms. The van der Waals surface area contributed by atoms with E-state index in [1.165, 1.54) is 5.56 Å². The largest absolute Gasteiger partial charge is 0.356 e. The minimum Gasteiger partial charge on any atom is -0.356 e. The highest BCUT2D eigenvalue weighted by Crippen LogP contribution is 2.20. The second kappa shape index (κ2) is 10.1. The van der Waals surface area contributed by atoms with Gasteiger partial charge in [0.15, 0.2) is 0 Å². The molecule has 24 heavy (non-hydrogen) atoms. The Morgan fingerprint density at radius 3 is 2.62 bits per heavy atom. The fraction of sp³-hybridized carbons (Fsp3) is 0.471. The highest BCUT2D eigenvalue weighted by atomic mass is 35.5. The van der Waals surface area contributed by atoms with Crippen LogP contribution in [0.15, 0.2) is 28.8 Å². The van der Waals surface area contributed by atoms with Crippen LogP contribution < -0.4 is 11.1 Å². The third-order valence-corrected chi connectivity index (χ3v) is 3.57. The third kappa shape index (κ3) is 5.94. The maximum absolute atomic E-state index is 11.6. The number of nitrogens with two attached hydrogens (primary N) is 1. The molecule has 3 N–H and O–H groups in total. The molecule has 1 aromatic heterocycles. The Balaban J connectivity index is 0.00000288. The number of rotatable bonds is 8. The Kier molecular flexibility index (Phi) is 8.43. The number of carbonyl (C=O) groups is 1. The zero-order chi connectivity index (χ0) is 16.7. The van der Waals surface area contributed by atoms with Crippen LogP contribution in [0.3, 0.4) is 0 Å². The van der Waals surface area contributed by atoms with Gasteiger partial charge in [-0.1, -0.05) is 43.3 Å². The smallest absolute Gasteiger partial charge is 0.227 e. The molecule has 2 aromatic rings. The van der Waals surface area contributed by atoms with E-state index in [-0.39, 0.29) is 18.3 Å². The molecule has 0 aliphatic rings. The number of aromatic nitrogens is 2. The molecule has 0 atom stereocenters. The van der Waals surface area contributed by atoms with E-state index in [1.807, 2.05) is 12.1 Å². The summed E-state index contributed by atoms with van der Waals surface area (Å²) >= 11 is 0. The van der Waals surface area contributed by atoms with Crippen molar-refractivity contribution in [3.8, 4) is 11.4 Å². The lowest BCUT2D eigenvalue weighted by atomic mass is 10.0. The van der Waals surface area contributed by atoms with Gasteiger partial charge in [-0.15, -0.1) is 12.4 Å². The Hall–Kier alpha value is -1.92. The minimum atomic E-state index is -0.0283. The molecular formula is C17H25ClN4O2. The van der Waals surface area contributed by atoms with Crippen LogP contribution in [0.4, 0.5) is 0 Å². The predicted octanol–water partition coefficient (Wildman–Crippen LogP) is 2.68. The molecule has 0 saturated heterocycles. The summed E-state index contributed by atoms with van der Waals surface area (Å²) in [5.41, 5.74) is 7.56. The van der Waals surface area contributed by atoms with E-state index in [1.54, 1.807) is 0 Å². The summed E-state index contributed by atoms with van der Waals surface area (Å²) in [7, 11) is 0. The van der Waals surface area contributed by atoms with Crippen LogP contribution in [0, 0.1) is 0 Å². The van der Waals surface area contributed by atoms with Crippen molar-refractivity contribution in [3.63, 3.8) is 0 Å². The summed E-state index contributed by atoms with van der Waals surface area (Å²) in [6, 6.07) is 8.12. The van der Waals surface area contributed by atoms with Crippen molar-refractivity contribution in [1.82, 2.24) is 15.5 Å². The van der Waals surface area contributed by atoms with Crippen LogP contribution in [0.1, 0.15) is 44.1 Å². The standard InChI is InChI=1S/C17H24N4O2.ClH/c1-12(2)13-4-6-14(7-5-13)17-20-16(23-21-17)9-8-15(22)19-11-3-10-18;/h4-7,12H,3,8-11,18H2,1-2H3,(H,19,22);1H. The Morgan fingerprint density at radius 2 is 2.00 bits per heavy atom. The maximum Gasteiger partial charge on any atom is 0.227 e. The van der Waals surface area contributed by atoms with Crippen LogP contribution >= 0.6 is 12.4 Å². The number of benzene rings is 1. The van der Waals surface area contributed by atoms with E-state index < -0.39 is 0 Å². The van der Waals surface area contributed by atoms with Crippen LogP contribution in [0.25, 0.3) is 11.4 Å². The number of aryl methyl sites for hydroxylation is 1. The summed E-state index contributed by atoms with van der Waals surface area (Å²) < 4.78 is 5.21. The number of nitrogens with one attached hydrogen (secondary N) is 1. The summed E-state index contributed by atoms with van der Waals surface area (Å²) in [6.07, 6.45) is 1.55. The lowest BCUT2D eigenvalue weighted by molar-refractivity contribution is -0.121. The van der Waals surface area contributed by atoms with Crippen molar-refractivity contribution < 1.29 is 9.32 Å².